The largest absolute Gasteiger partial charge is 0.481 e. The number of carbonyl (C=O) groups is 14. The van der Waals surface area contributed by atoms with E-state index in [2.05, 4.69) is 57.8 Å². The van der Waals surface area contributed by atoms with Gasteiger partial charge in [-0.3, -0.25) is 72.3 Å². The van der Waals surface area contributed by atoms with Gasteiger partial charge in [-0.2, -0.15) is 0 Å². The Kier molecular flexibility index (Phi) is 35.1. The van der Waals surface area contributed by atoms with Gasteiger partial charge < -0.3 is 112 Å². The molecule has 1 aliphatic rings. The van der Waals surface area contributed by atoms with Crippen LogP contribution in [0.2, 0.25) is 0 Å². The maximum Gasteiger partial charge on any atom is 0.328 e. The Hall–Kier alpha value is -9.00. The lowest BCUT2D eigenvalue weighted by molar-refractivity contribution is -0.145. The average Bonchev–Trinajstić information content (AvgIpc) is 2.03. The number of aliphatic hydroxyl groups excluding tert-OH is 2. The second kappa shape index (κ2) is 39.9. The van der Waals surface area contributed by atoms with E-state index in [4.69, 9.17) is 28.7 Å². The van der Waals surface area contributed by atoms with Crippen LogP contribution in [-0.4, -0.2) is 229 Å². The molecule has 1 saturated heterocycles. The highest BCUT2D eigenvalue weighted by molar-refractivity contribution is 6.00. The number of nitrogens with one attached hydrogen (secondary N) is 9. The van der Waals surface area contributed by atoms with Crippen molar-refractivity contribution in [1.82, 2.24) is 52.8 Å². The summed E-state index contributed by atoms with van der Waals surface area (Å²) in [5.74, 6) is -17.7. The minimum Gasteiger partial charge on any atom is -0.481 e. The molecule has 0 aromatic heterocycles. The Morgan fingerprint density at radius 1 is 0.473 bits per heavy atom. The van der Waals surface area contributed by atoms with Crippen LogP contribution in [0.4, 0.5) is 0 Å². The smallest absolute Gasteiger partial charge is 0.328 e. The van der Waals surface area contributed by atoms with E-state index in [0.717, 1.165) is 25.7 Å². The zero-order valence-corrected chi connectivity index (χ0v) is 52.1. The number of likely N-dealkylation sites (tertiary alicyclic amines) is 1. The van der Waals surface area contributed by atoms with Gasteiger partial charge in [-0.15, -0.1) is 0 Å². The Bertz CT molecular complexity index is 2610. The van der Waals surface area contributed by atoms with E-state index < -0.39 is 194 Å². The number of aliphatic hydroxyl groups is 2. The molecule has 0 aromatic rings. The normalized spacial score (nSPS) is 16.7. The average molecular weight is 1300 g/mol. The molecule has 514 valence electrons. The van der Waals surface area contributed by atoms with Gasteiger partial charge in [0, 0.05) is 32.5 Å². The number of guanidine groups is 2. The first kappa shape index (κ1) is 80.0. The molecule has 1 fully saturated rings. The highest BCUT2D eigenvalue weighted by Gasteiger charge is 2.42. The molecule has 37 nitrogen and oxygen atoms in total. The van der Waals surface area contributed by atoms with Crippen LogP contribution in [-0.2, 0) is 67.1 Å². The van der Waals surface area contributed by atoms with Crippen molar-refractivity contribution < 1.29 is 97.8 Å². The summed E-state index contributed by atoms with van der Waals surface area (Å²) in [7, 11) is 0. The zero-order valence-electron chi connectivity index (χ0n) is 52.1. The van der Waals surface area contributed by atoms with E-state index in [0.29, 0.717) is 6.42 Å². The molecule has 0 saturated carbocycles. The number of aliphatic imine (C=N–C) groups is 2. The van der Waals surface area contributed by atoms with Crippen LogP contribution in [0.25, 0.3) is 0 Å². The molecule has 91 heavy (non-hydrogen) atoms. The highest BCUT2D eigenvalue weighted by atomic mass is 16.4. The van der Waals surface area contributed by atoms with Gasteiger partial charge in [0.25, 0.3) is 0 Å². The third kappa shape index (κ3) is 30.4. The molecule has 0 aromatic carbocycles. The Morgan fingerprint density at radius 2 is 0.890 bits per heavy atom. The molecule has 0 bridgehead atoms. The molecule has 0 unspecified atom stereocenters. The van der Waals surface area contributed by atoms with Gasteiger partial charge in [0.15, 0.2) is 18.0 Å². The first-order valence-electron chi connectivity index (χ1n) is 29.5. The third-order valence-corrected chi connectivity index (χ3v) is 13.8. The van der Waals surface area contributed by atoms with E-state index in [1.807, 2.05) is 0 Å². The molecular formula is C54H93N17O20. The van der Waals surface area contributed by atoms with Crippen LogP contribution in [0.1, 0.15) is 132 Å². The Labute approximate surface area is 524 Å². The second-order valence-electron chi connectivity index (χ2n) is 22.8. The summed E-state index contributed by atoms with van der Waals surface area (Å²) < 4.78 is 0. The Balaban J connectivity index is 3.40. The lowest BCUT2D eigenvalue weighted by Gasteiger charge is -2.31. The summed E-state index contributed by atoms with van der Waals surface area (Å²) >= 11 is 0. The monoisotopic (exact) mass is 1300 g/mol. The number of nitrogens with zero attached hydrogens (tertiary/aromatic N) is 3. The van der Waals surface area contributed by atoms with Crippen molar-refractivity contribution >= 4 is 94.9 Å². The van der Waals surface area contributed by atoms with Crippen molar-refractivity contribution in [1.29, 1.82) is 0 Å². The van der Waals surface area contributed by atoms with Crippen LogP contribution in [0, 0.1) is 11.8 Å². The molecule has 1 heterocycles. The topological polar surface area (TPSA) is 627 Å². The fraction of sp³-hybridized carbons (Fsp3) is 0.704. The number of carboxylic acids is 4. The van der Waals surface area contributed by atoms with Gasteiger partial charge in [-0.1, -0.05) is 27.7 Å². The lowest BCUT2D eigenvalue weighted by Crippen LogP contribution is -2.61. The second-order valence-corrected chi connectivity index (χ2v) is 22.8. The maximum atomic E-state index is 14.2. The molecule has 25 N–H and O–H groups in total. The first-order valence-corrected chi connectivity index (χ1v) is 29.5. The number of nitrogens with two attached hydrogens (primary N) is 5. The van der Waals surface area contributed by atoms with Gasteiger partial charge in [0.2, 0.25) is 59.1 Å². The molecule has 10 amide bonds. The van der Waals surface area contributed by atoms with Gasteiger partial charge in [-0.05, 0) is 96.8 Å². The quantitative estimate of drug-likeness (QED) is 0.0153. The predicted octanol–water partition coefficient (Wildman–Crippen LogP) is -7.06. The molecule has 0 spiro atoms. The van der Waals surface area contributed by atoms with Crippen molar-refractivity contribution in [2.45, 2.75) is 211 Å². The minimum atomic E-state index is -2.06. The van der Waals surface area contributed by atoms with Crippen LogP contribution in [0.15, 0.2) is 9.98 Å². The van der Waals surface area contributed by atoms with Gasteiger partial charge in [0.05, 0.1) is 24.7 Å². The van der Waals surface area contributed by atoms with E-state index >= 15 is 0 Å². The van der Waals surface area contributed by atoms with E-state index in [1.54, 1.807) is 27.7 Å². The standard InChI is InChI=1S/C54H93N17O20/c1-24(2)21-33(67-43(81)29(55)11-8-18-60-53(56)57)47(85)65-32(15-17-38(76)77)51(89)71-20-10-13-36(71)49(87)69-40(27(6)72)50(88)62-26(5)42(80)66-35(23-39(78)79)48(86)64-31(14-16-37(74)75)44(82)68-34(22-25(3)4)46(84)63-30(12-9-19-61-54(58)59)45(83)70-41(28(7)73)52(90)91/h24-36,40-41,72-73H,8-23,55H2,1-7H3,(H,62,88)(H,63,84)(H,64,86)(H,65,85)(H,66,80)(H,67,81)(H,68,82)(H,69,87)(H,70,83)(H,74,75)(H,76,77)(H,78,79)(H,90,91)(H4,56,57,60)(H4,58,59,61)/t26-,27+,28+,29-,30-,31-,32-,33-,34-,35-,36-,40-,41-/m0/s1. The van der Waals surface area contributed by atoms with Crippen LogP contribution >= 0.6 is 0 Å². The highest BCUT2D eigenvalue weighted by Crippen LogP contribution is 2.21. The fourth-order valence-corrected chi connectivity index (χ4v) is 9.11. The summed E-state index contributed by atoms with van der Waals surface area (Å²) in [5, 5.41) is 80.0. The van der Waals surface area contributed by atoms with Gasteiger partial charge in [0.1, 0.15) is 54.4 Å². The van der Waals surface area contributed by atoms with Gasteiger partial charge >= 0.3 is 23.9 Å². The molecule has 0 aliphatic carbocycles. The van der Waals surface area contributed by atoms with Crippen LogP contribution in [0.3, 0.4) is 0 Å². The fourth-order valence-electron chi connectivity index (χ4n) is 9.11. The summed E-state index contributed by atoms with van der Waals surface area (Å²) in [6.45, 7) is 10.1. The van der Waals surface area contributed by atoms with Crippen LogP contribution in [0.5, 0.6) is 0 Å². The molecule has 0 radical (unpaired) electrons. The number of rotatable bonds is 42. The SMILES string of the molecule is CC(C)C[C@H](NC(=O)[C@H](CCC(=O)O)NC(=O)[C@H](CC(=O)O)NC(=O)[C@H](C)NC(=O)[C@@H](NC(=O)[C@@H]1CCCN1C(=O)[C@H](CCC(=O)O)NC(=O)[C@H](CC(C)C)NC(=O)[C@@H](N)CCCN=C(N)N)[C@@H](C)O)C(=O)N[C@@H](CCCN=C(N)N)C(=O)N[C@H](C(=O)O)[C@@H](C)O. The molecule has 1 rings (SSSR count). The number of carboxylic acid groups (broad SMARTS) is 4. The first-order chi connectivity index (χ1) is 42.4. The summed E-state index contributed by atoms with van der Waals surface area (Å²) in [6.07, 6.45) is -6.69. The van der Waals surface area contributed by atoms with Crippen molar-refractivity contribution in [2.24, 2.45) is 50.5 Å². The van der Waals surface area contributed by atoms with Crippen molar-refractivity contribution in [3.63, 3.8) is 0 Å². The number of amides is 10. The third-order valence-electron chi connectivity index (χ3n) is 13.8. The lowest BCUT2D eigenvalue weighted by atomic mass is 10.0. The number of carbonyl (C=O) groups excluding carboxylic acids is 10. The molecule has 37 heteroatoms. The van der Waals surface area contributed by atoms with Crippen molar-refractivity contribution in [3.8, 4) is 0 Å². The summed E-state index contributed by atoms with van der Waals surface area (Å²) in [6, 6.07) is -17.6. The van der Waals surface area contributed by atoms with E-state index in [1.165, 1.54) is 0 Å². The van der Waals surface area contributed by atoms with Crippen molar-refractivity contribution in [3.05, 3.63) is 0 Å². The summed E-state index contributed by atoms with van der Waals surface area (Å²) in [4.78, 5) is 194. The summed E-state index contributed by atoms with van der Waals surface area (Å²) in [5.41, 5.74) is 27.5. The van der Waals surface area contributed by atoms with Crippen LogP contribution < -0.4 is 76.5 Å². The molecule has 1 aliphatic heterocycles. The van der Waals surface area contributed by atoms with E-state index in [9.17, 15) is 97.8 Å². The predicted molar refractivity (Wildman–Crippen MR) is 321 cm³/mol. The van der Waals surface area contributed by atoms with Gasteiger partial charge in [-0.25, -0.2) is 4.79 Å². The molecule has 13 atom stereocenters. The number of aliphatic carboxylic acids is 4. The number of hydrogen-bond donors (Lipinski definition) is 20. The zero-order chi connectivity index (χ0) is 69.6. The van der Waals surface area contributed by atoms with E-state index in [-0.39, 0.29) is 88.3 Å². The molecular weight excluding hydrogens is 1210 g/mol. The van der Waals surface area contributed by atoms with Crippen molar-refractivity contribution in [2.75, 3.05) is 19.6 Å². The Morgan fingerprint density at radius 3 is 1.35 bits per heavy atom. The number of hydrogen-bond acceptors (Lipinski definition) is 19. The minimum absolute atomic E-state index is 0.0226. The maximum absolute atomic E-state index is 14.2.